The molecule has 0 saturated heterocycles. The van der Waals surface area contributed by atoms with Crippen molar-refractivity contribution in [1.82, 2.24) is 4.90 Å². The van der Waals surface area contributed by atoms with Crippen molar-refractivity contribution in [2.75, 3.05) is 26.2 Å². The van der Waals surface area contributed by atoms with Crippen LogP contribution in [0.3, 0.4) is 0 Å². The van der Waals surface area contributed by atoms with Crippen molar-refractivity contribution in [1.29, 1.82) is 0 Å². The third kappa shape index (κ3) is 4.66. The van der Waals surface area contributed by atoms with Gasteiger partial charge in [0, 0.05) is 6.54 Å². The lowest BCUT2D eigenvalue weighted by molar-refractivity contribution is -0.151. The zero-order chi connectivity index (χ0) is 12.7. The lowest BCUT2D eigenvalue weighted by Crippen LogP contribution is -2.31. The van der Waals surface area contributed by atoms with E-state index in [0.717, 1.165) is 26.1 Å². The fourth-order valence-electron chi connectivity index (χ4n) is 2.59. The van der Waals surface area contributed by atoms with Crippen LogP contribution >= 0.6 is 0 Å². The average molecular weight is 241 g/mol. The first-order valence-corrected chi connectivity index (χ1v) is 7.08. The molecule has 0 aromatic heterocycles. The Kier molecular flexibility index (Phi) is 6.56. The van der Waals surface area contributed by atoms with E-state index in [2.05, 4.69) is 25.7 Å². The van der Waals surface area contributed by atoms with Crippen LogP contribution in [-0.4, -0.2) is 37.1 Å². The molecule has 0 N–H and O–H groups in total. The summed E-state index contributed by atoms with van der Waals surface area (Å²) >= 11 is 0. The maximum atomic E-state index is 11.9. The smallest absolute Gasteiger partial charge is 0.309 e. The van der Waals surface area contributed by atoms with Gasteiger partial charge in [-0.05, 0) is 31.8 Å². The Morgan fingerprint density at radius 2 is 1.88 bits per heavy atom. The van der Waals surface area contributed by atoms with Gasteiger partial charge in [-0.15, -0.1) is 0 Å². The highest BCUT2D eigenvalue weighted by Gasteiger charge is 2.28. The third-order valence-corrected chi connectivity index (χ3v) is 3.96. The molecule has 1 fully saturated rings. The highest BCUT2D eigenvalue weighted by molar-refractivity contribution is 5.72. The van der Waals surface area contributed by atoms with Gasteiger partial charge in [0.1, 0.15) is 6.61 Å². The molecule has 0 bridgehead atoms. The topological polar surface area (TPSA) is 29.5 Å². The minimum Gasteiger partial charge on any atom is -0.464 e. The van der Waals surface area contributed by atoms with Crippen molar-refractivity contribution >= 4 is 5.97 Å². The predicted octanol–water partition coefficient (Wildman–Crippen LogP) is 2.70. The van der Waals surface area contributed by atoms with Gasteiger partial charge in [0.25, 0.3) is 0 Å². The summed E-state index contributed by atoms with van der Waals surface area (Å²) in [5, 5.41) is 0. The number of hydrogen-bond donors (Lipinski definition) is 0. The van der Waals surface area contributed by atoms with Crippen LogP contribution in [-0.2, 0) is 9.53 Å². The second kappa shape index (κ2) is 7.70. The first-order chi connectivity index (χ1) is 8.19. The van der Waals surface area contributed by atoms with Gasteiger partial charge in [-0.25, -0.2) is 0 Å². The van der Waals surface area contributed by atoms with Gasteiger partial charge in [0.15, 0.2) is 0 Å². The molecule has 0 spiro atoms. The molecule has 3 nitrogen and oxygen atoms in total. The van der Waals surface area contributed by atoms with Gasteiger partial charge in [0.2, 0.25) is 0 Å². The maximum Gasteiger partial charge on any atom is 0.309 e. The van der Waals surface area contributed by atoms with Crippen molar-refractivity contribution in [2.45, 2.75) is 46.5 Å². The van der Waals surface area contributed by atoms with Crippen LogP contribution in [0.2, 0.25) is 0 Å². The second-order valence-electron chi connectivity index (χ2n) is 5.06. The van der Waals surface area contributed by atoms with Crippen molar-refractivity contribution in [3.63, 3.8) is 0 Å². The summed E-state index contributed by atoms with van der Waals surface area (Å²) in [6.07, 6.45) is 4.64. The van der Waals surface area contributed by atoms with E-state index in [-0.39, 0.29) is 11.9 Å². The number of hydrogen-bond acceptors (Lipinski definition) is 3. The van der Waals surface area contributed by atoms with Crippen LogP contribution in [0.25, 0.3) is 0 Å². The number of ether oxygens (including phenoxy) is 1. The van der Waals surface area contributed by atoms with E-state index in [9.17, 15) is 4.79 Å². The first kappa shape index (κ1) is 14.5. The van der Waals surface area contributed by atoms with E-state index >= 15 is 0 Å². The van der Waals surface area contributed by atoms with Crippen molar-refractivity contribution < 1.29 is 9.53 Å². The number of likely N-dealkylation sites (N-methyl/N-ethyl adjacent to an activating group) is 1. The Balaban J connectivity index is 2.24. The molecule has 1 saturated carbocycles. The molecular weight excluding hydrogens is 214 g/mol. The van der Waals surface area contributed by atoms with Crippen molar-refractivity contribution in [3.8, 4) is 0 Å². The van der Waals surface area contributed by atoms with Gasteiger partial charge < -0.3 is 9.64 Å². The molecule has 0 unspecified atom stereocenters. The molecule has 2 atom stereocenters. The summed E-state index contributed by atoms with van der Waals surface area (Å²) in [5.74, 6) is 0.689. The molecule has 1 aliphatic rings. The van der Waals surface area contributed by atoms with E-state index in [1.54, 1.807) is 0 Å². The van der Waals surface area contributed by atoms with Crippen LogP contribution in [0.4, 0.5) is 0 Å². The SMILES string of the molecule is CCN(CC)CCOC(=O)[C@H]1CCCC[C@@H]1C. The fourth-order valence-corrected chi connectivity index (χ4v) is 2.59. The summed E-state index contributed by atoms with van der Waals surface area (Å²) in [6.45, 7) is 9.89. The molecule has 0 amide bonds. The largest absolute Gasteiger partial charge is 0.464 e. The number of rotatable bonds is 6. The average Bonchev–Trinajstić information content (AvgIpc) is 2.35. The van der Waals surface area contributed by atoms with Gasteiger partial charge in [0.05, 0.1) is 5.92 Å². The number of nitrogens with zero attached hydrogens (tertiary/aromatic N) is 1. The molecule has 1 aliphatic carbocycles. The second-order valence-corrected chi connectivity index (χ2v) is 5.06. The van der Waals surface area contributed by atoms with Crippen LogP contribution in [0, 0.1) is 11.8 Å². The molecular formula is C14H27NO2. The normalized spacial score (nSPS) is 24.9. The van der Waals surface area contributed by atoms with E-state index in [1.807, 2.05) is 0 Å². The van der Waals surface area contributed by atoms with Crippen LogP contribution < -0.4 is 0 Å². The van der Waals surface area contributed by atoms with E-state index in [0.29, 0.717) is 12.5 Å². The standard InChI is InChI=1S/C14H27NO2/c1-4-15(5-2)10-11-17-14(16)13-9-7-6-8-12(13)3/h12-13H,4-11H2,1-3H3/t12-,13-/m0/s1. The lowest BCUT2D eigenvalue weighted by Gasteiger charge is -2.27. The third-order valence-electron chi connectivity index (χ3n) is 3.96. The van der Waals surface area contributed by atoms with E-state index in [1.165, 1.54) is 19.3 Å². The Morgan fingerprint density at radius 3 is 2.47 bits per heavy atom. The van der Waals surface area contributed by atoms with Crippen LogP contribution in [0.15, 0.2) is 0 Å². The zero-order valence-corrected chi connectivity index (χ0v) is 11.6. The fraction of sp³-hybridized carbons (Fsp3) is 0.929. The van der Waals surface area contributed by atoms with Crippen molar-refractivity contribution in [2.24, 2.45) is 11.8 Å². The monoisotopic (exact) mass is 241 g/mol. The van der Waals surface area contributed by atoms with Gasteiger partial charge in [-0.2, -0.15) is 0 Å². The zero-order valence-electron chi connectivity index (χ0n) is 11.6. The van der Waals surface area contributed by atoms with E-state index < -0.39 is 0 Å². The summed E-state index contributed by atoms with van der Waals surface area (Å²) in [6, 6.07) is 0. The molecule has 0 heterocycles. The van der Waals surface area contributed by atoms with Gasteiger partial charge in [-0.3, -0.25) is 4.79 Å². The van der Waals surface area contributed by atoms with Crippen LogP contribution in [0.1, 0.15) is 46.5 Å². The summed E-state index contributed by atoms with van der Waals surface area (Å²) in [5.41, 5.74) is 0. The number of esters is 1. The minimum absolute atomic E-state index is 0.0318. The predicted molar refractivity (Wildman–Crippen MR) is 69.9 cm³/mol. The van der Waals surface area contributed by atoms with Crippen LogP contribution in [0.5, 0.6) is 0 Å². The quantitative estimate of drug-likeness (QED) is 0.670. The van der Waals surface area contributed by atoms with Gasteiger partial charge >= 0.3 is 5.97 Å². The highest BCUT2D eigenvalue weighted by atomic mass is 16.5. The Morgan fingerprint density at radius 1 is 1.24 bits per heavy atom. The number of carbonyl (C=O) groups excluding carboxylic acids is 1. The Labute approximate surface area is 106 Å². The van der Waals surface area contributed by atoms with Gasteiger partial charge in [-0.1, -0.05) is 33.6 Å². The van der Waals surface area contributed by atoms with Crippen molar-refractivity contribution in [3.05, 3.63) is 0 Å². The molecule has 3 heteroatoms. The highest BCUT2D eigenvalue weighted by Crippen LogP contribution is 2.30. The molecule has 0 aliphatic heterocycles. The first-order valence-electron chi connectivity index (χ1n) is 7.08. The molecule has 0 radical (unpaired) electrons. The Bertz CT molecular complexity index is 226. The lowest BCUT2D eigenvalue weighted by atomic mass is 9.80. The summed E-state index contributed by atoms with van der Waals surface area (Å²) in [4.78, 5) is 14.2. The Hall–Kier alpha value is -0.570. The molecule has 100 valence electrons. The summed E-state index contributed by atoms with van der Waals surface area (Å²) in [7, 11) is 0. The van der Waals surface area contributed by atoms with E-state index in [4.69, 9.17) is 4.74 Å². The molecule has 0 aromatic rings. The molecule has 0 aromatic carbocycles. The minimum atomic E-state index is 0.0318. The molecule has 1 rings (SSSR count). The number of carbonyl (C=O) groups is 1. The summed E-state index contributed by atoms with van der Waals surface area (Å²) < 4.78 is 5.41. The molecule has 17 heavy (non-hydrogen) atoms. The maximum absolute atomic E-state index is 11.9.